The van der Waals surface area contributed by atoms with Gasteiger partial charge in [-0.3, -0.25) is 4.79 Å². The molecule has 1 amide bonds. The molecule has 0 bridgehead atoms. The van der Waals surface area contributed by atoms with Gasteiger partial charge in [-0.05, 0) is 13.8 Å². The van der Waals surface area contributed by atoms with Crippen molar-refractivity contribution in [1.82, 2.24) is 5.32 Å². The molecular formula is C8H15NO3. The van der Waals surface area contributed by atoms with Crippen LogP contribution in [0.3, 0.4) is 0 Å². The van der Waals surface area contributed by atoms with Crippen LogP contribution in [0.2, 0.25) is 0 Å². The van der Waals surface area contributed by atoms with E-state index in [2.05, 4.69) is 5.32 Å². The standard InChI is InChI=1S/C8H15NO3/c1-5-9-8(10)7(12-4)6(2)11-3/h5H2,1-4H3,(H,9,10)/b7-6+. The van der Waals surface area contributed by atoms with Gasteiger partial charge in [-0.2, -0.15) is 0 Å². The van der Waals surface area contributed by atoms with Crippen molar-refractivity contribution in [1.29, 1.82) is 0 Å². The molecule has 0 aliphatic rings. The van der Waals surface area contributed by atoms with Crippen LogP contribution >= 0.6 is 0 Å². The van der Waals surface area contributed by atoms with Gasteiger partial charge < -0.3 is 14.8 Å². The summed E-state index contributed by atoms with van der Waals surface area (Å²) in [5.41, 5.74) is 0. The van der Waals surface area contributed by atoms with E-state index in [4.69, 9.17) is 9.47 Å². The third-order valence-corrected chi connectivity index (χ3v) is 1.37. The summed E-state index contributed by atoms with van der Waals surface area (Å²) in [4.78, 5) is 11.2. The third kappa shape index (κ3) is 2.82. The molecule has 0 spiro atoms. The molecule has 0 aliphatic heterocycles. The second-order valence-corrected chi connectivity index (χ2v) is 2.15. The number of amides is 1. The predicted octanol–water partition coefficient (Wildman–Crippen LogP) is 0.647. The van der Waals surface area contributed by atoms with Crippen molar-refractivity contribution in [2.75, 3.05) is 20.8 Å². The summed E-state index contributed by atoms with van der Waals surface area (Å²) in [5, 5.41) is 2.61. The fourth-order valence-electron chi connectivity index (χ4n) is 0.730. The van der Waals surface area contributed by atoms with Gasteiger partial charge in [0, 0.05) is 6.54 Å². The average molecular weight is 173 g/mol. The molecule has 0 atom stereocenters. The molecule has 12 heavy (non-hydrogen) atoms. The molecule has 4 heteroatoms. The highest BCUT2D eigenvalue weighted by molar-refractivity contribution is 5.91. The molecule has 0 saturated carbocycles. The number of nitrogens with one attached hydrogen (secondary N) is 1. The van der Waals surface area contributed by atoms with Crippen LogP contribution in [0.1, 0.15) is 13.8 Å². The predicted molar refractivity (Wildman–Crippen MR) is 45.4 cm³/mol. The minimum absolute atomic E-state index is 0.222. The van der Waals surface area contributed by atoms with Crippen molar-refractivity contribution < 1.29 is 14.3 Å². The molecule has 1 N–H and O–H groups in total. The summed E-state index contributed by atoms with van der Waals surface area (Å²) in [5.74, 6) is 0.446. The van der Waals surface area contributed by atoms with Crippen LogP contribution in [0.5, 0.6) is 0 Å². The van der Waals surface area contributed by atoms with Crippen LogP contribution in [0.4, 0.5) is 0 Å². The Morgan fingerprint density at radius 1 is 1.33 bits per heavy atom. The smallest absolute Gasteiger partial charge is 0.289 e. The fraction of sp³-hybridized carbons (Fsp3) is 0.625. The molecule has 4 nitrogen and oxygen atoms in total. The minimum atomic E-state index is -0.251. The van der Waals surface area contributed by atoms with E-state index in [1.54, 1.807) is 6.92 Å². The van der Waals surface area contributed by atoms with E-state index < -0.39 is 0 Å². The number of rotatable bonds is 4. The van der Waals surface area contributed by atoms with Crippen LogP contribution in [0, 0.1) is 0 Å². The zero-order chi connectivity index (χ0) is 9.56. The summed E-state index contributed by atoms with van der Waals surface area (Å²) >= 11 is 0. The zero-order valence-electron chi connectivity index (χ0n) is 7.93. The number of hydrogen-bond acceptors (Lipinski definition) is 3. The lowest BCUT2D eigenvalue weighted by Crippen LogP contribution is -2.26. The molecule has 0 fully saturated rings. The molecule has 0 aromatic heterocycles. The Labute approximate surface area is 72.5 Å². The average Bonchev–Trinajstić information content (AvgIpc) is 2.06. The maximum Gasteiger partial charge on any atom is 0.289 e. The van der Waals surface area contributed by atoms with Crippen molar-refractivity contribution in [3.63, 3.8) is 0 Å². The Morgan fingerprint density at radius 2 is 1.92 bits per heavy atom. The van der Waals surface area contributed by atoms with Gasteiger partial charge in [-0.25, -0.2) is 0 Å². The number of likely N-dealkylation sites (N-methyl/N-ethyl adjacent to an activating group) is 1. The SMILES string of the molecule is CCNC(=O)/C(OC)=C(/C)OC. The summed E-state index contributed by atoms with van der Waals surface area (Å²) in [6, 6.07) is 0. The van der Waals surface area contributed by atoms with Gasteiger partial charge in [0.1, 0.15) is 5.76 Å². The Hall–Kier alpha value is -1.19. The van der Waals surface area contributed by atoms with Crippen molar-refractivity contribution in [2.45, 2.75) is 13.8 Å². The van der Waals surface area contributed by atoms with Gasteiger partial charge in [0.2, 0.25) is 5.76 Å². The van der Waals surface area contributed by atoms with Crippen molar-refractivity contribution in [2.24, 2.45) is 0 Å². The summed E-state index contributed by atoms with van der Waals surface area (Å²) in [6.07, 6.45) is 0. The van der Waals surface area contributed by atoms with Crippen LogP contribution in [-0.4, -0.2) is 26.7 Å². The second kappa shape index (κ2) is 5.46. The number of methoxy groups -OCH3 is 2. The van der Waals surface area contributed by atoms with Crippen molar-refractivity contribution in [3.05, 3.63) is 11.5 Å². The van der Waals surface area contributed by atoms with Gasteiger partial charge in [-0.1, -0.05) is 0 Å². The normalized spacial score (nSPS) is 11.7. The Balaban J connectivity index is 4.44. The lowest BCUT2D eigenvalue weighted by molar-refractivity contribution is -0.120. The van der Waals surface area contributed by atoms with Gasteiger partial charge in [0.15, 0.2) is 0 Å². The second-order valence-electron chi connectivity index (χ2n) is 2.15. The fourth-order valence-corrected chi connectivity index (χ4v) is 0.730. The van der Waals surface area contributed by atoms with Gasteiger partial charge >= 0.3 is 0 Å². The van der Waals surface area contributed by atoms with E-state index in [-0.39, 0.29) is 11.7 Å². The first-order valence-electron chi connectivity index (χ1n) is 3.74. The lowest BCUT2D eigenvalue weighted by Gasteiger charge is -2.08. The number of allylic oxidation sites excluding steroid dienone is 1. The number of carbonyl (C=O) groups is 1. The number of carbonyl (C=O) groups excluding carboxylic acids is 1. The first kappa shape index (κ1) is 10.8. The Kier molecular flexibility index (Phi) is 4.92. The van der Waals surface area contributed by atoms with E-state index in [0.29, 0.717) is 12.3 Å². The first-order valence-corrected chi connectivity index (χ1v) is 3.74. The maximum atomic E-state index is 11.2. The Morgan fingerprint density at radius 3 is 2.25 bits per heavy atom. The van der Waals surface area contributed by atoms with Crippen LogP contribution < -0.4 is 5.32 Å². The first-order chi connectivity index (χ1) is 5.67. The molecular weight excluding hydrogens is 158 g/mol. The van der Waals surface area contributed by atoms with Crippen LogP contribution in [-0.2, 0) is 14.3 Å². The van der Waals surface area contributed by atoms with E-state index in [0.717, 1.165) is 0 Å². The van der Waals surface area contributed by atoms with E-state index >= 15 is 0 Å². The van der Waals surface area contributed by atoms with Crippen LogP contribution in [0.25, 0.3) is 0 Å². The highest BCUT2D eigenvalue weighted by atomic mass is 16.5. The molecule has 0 radical (unpaired) electrons. The van der Waals surface area contributed by atoms with E-state index in [1.807, 2.05) is 6.92 Å². The van der Waals surface area contributed by atoms with Crippen LogP contribution in [0.15, 0.2) is 11.5 Å². The topological polar surface area (TPSA) is 47.6 Å². The Bertz CT molecular complexity index is 187. The monoisotopic (exact) mass is 173 g/mol. The summed E-state index contributed by atoms with van der Waals surface area (Å²) in [7, 11) is 2.93. The molecule has 0 aliphatic carbocycles. The van der Waals surface area contributed by atoms with Gasteiger partial charge in [0.25, 0.3) is 5.91 Å². The van der Waals surface area contributed by atoms with Gasteiger partial charge in [-0.15, -0.1) is 0 Å². The zero-order valence-corrected chi connectivity index (χ0v) is 7.93. The maximum absolute atomic E-state index is 11.2. The molecule has 0 rings (SSSR count). The van der Waals surface area contributed by atoms with Gasteiger partial charge in [0.05, 0.1) is 14.2 Å². The summed E-state index contributed by atoms with van der Waals surface area (Å²) < 4.78 is 9.72. The van der Waals surface area contributed by atoms with Crippen molar-refractivity contribution in [3.8, 4) is 0 Å². The largest absolute Gasteiger partial charge is 0.497 e. The van der Waals surface area contributed by atoms with E-state index in [9.17, 15) is 4.79 Å². The minimum Gasteiger partial charge on any atom is -0.497 e. The number of hydrogen-bond donors (Lipinski definition) is 1. The lowest BCUT2D eigenvalue weighted by atomic mass is 10.4. The summed E-state index contributed by atoms with van der Waals surface area (Å²) in [6.45, 7) is 4.09. The highest BCUT2D eigenvalue weighted by Gasteiger charge is 2.12. The third-order valence-electron chi connectivity index (χ3n) is 1.37. The highest BCUT2D eigenvalue weighted by Crippen LogP contribution is 2.04. The number of ether oxygens (including phenoxy) is 2. The molecule has 0 unspecified atom stereocenters. The molecule has 0 saturated heterocycles. The molecule has 0 aromatic carbocycles. The van der Waals surface area contributed by atoms with Crippen molar-refractivity contribution >= 4 is 5.91 Å². The quantitative estimate of drug-likeness (QED) is 0.501. The molecule has 0 heterocycles. The molecule has 0 aromatic rings. The molecule has 70 valence electrons. The van der Waals surface area contributed by atoms with E-state index in [1.165, 1.54) is 14.2 Å².